The second-order valence-electron chi connectivity index (χ2n) is 7.01. The van der Waals surface area contributed by atoms with Crippen LogP contribution in [0, 0.1) is 0 Å². The number of halogens is 4. The minimum absolute atomic E-state index is 0.0107. The zero-order chi connectivity index (χ0) is 21.3. The summed E-state index contributed by atoms with van der Waals surface area (Å²) in [5.74, 6) is -0.206. The van der Waals surface area contributed by atoms with Gasteiger partial charge in [0.2, 0.25) is 15.9 Å². The highest BCUT2D eigenvalue weighted by atomic mass is 35.5. The highest BCUT2D eigenvalue weighted by Crippen LogP contribution is 2.35. The number of carbonyl (C=O) groups is 1. The summed E-state index contributed by atoms with van der Waals surface area (Å²) < 4.78 is 65.6. The van der Waals surface area contributed by atoms with Crippen LogP contribution in [0.5, 0.6) is 0 Å². The van der Waals surface area contributed by atoms with Crippen LogP contribution in [0.4, 0.5) is 13.2 Å². The van der Waals surface area contributed by atoms with Crippen molar-refractivity contribution in [1.82, 2.24) is 14.5 Å². The predicted molar refractivity (Wildman–Crippen MR) is 99.5 cm³/mol. The van der Waals surface area contributed by atoms with E-state index in [9.17, 15) is 26.4 Å². The highest BCUT2D eigenvalue weighted by Gasteiger charge is 2.35. The lowest BCUT2D eigenvalue weighted by Crippen LogP contribution is -2.57. The normalized spacial score (nSPS) is 21.8. The van der Waals surface area contributed by atoms with Crippen molar-refractivity contribution in [2.45, 2.75) is 43.4 Å². The molecule has 28 heavy (non-hydrogen) atoms. The van der Waals surface area contributed by atoms with E-state index in [4.69, 9.17) is 11.6 Å². The number of benzene rings is 1. The average Bonchev–Trinajstić information content (AvgIpc) is 2.52. The van der Waals surface area contributed by atoms with E-state index in [-0.39, 0.29) is 31.0 Å². The fraction of sp³-hybridized carbons (Fsp3) is 0.588. The lowest BCUT2D eigenvalue weighted by molar-refractivity contribution is -0.139. The number of piperazine rings is 1. The molecule has 11 heteroatoms. The van der Waals surface area contributed by atoms with Crippen molar-refractivity contribution < 1.29 is 26.4 Å². The summed E-state index contributed by atoms with van der Waals surface area (Å²) in [6, 6.07) is 2.34. The van der Waals surface area contributed by atoms with Gasteiger partial charge in [0.05, 0.1) is 15.5 Å². The van der Waals surface area contributed by atoms with E-state index in [0.29, 0.717) is 19.2 Å². The minimum atomic E-state index is -4.77. The SMILES string of the molecule is C[C@H]1CN(C)C[C@H](C)N1C(=O)CCNS(=O)(=O)c1ccc(Cl)c(C(F)(F)F)c1. The standard InChI is InChI=1S/C17H23ClF3N3O3S/c1-11-9-23(3)10-12(2)24(11)16(25)6-7-22-28(26,27)13-4-5-15(18)14(8-13)17(19,20)21/h4-5,8,11-12,22H,6-7,9-10H2,1-3H3/t11-,12-/m0/s1. The number of alkyl halides is 3. The molecule has 0 aliphatic carbocycles. The quantitative estimate of drug-likeness (QED) is 0.762. The monoisotopic (exact) mass is 441 g/mol. The van der Waals surface area contributed by atoms with Crippen molar-refractivity contribution in [1.29, 1.82) is 0 Å². The molecule has 6 nitrogen and oxygen atoms in total. The maximum atomic E-state index is 12.9. The molecule has 1 saturated heterocycles. The summed E-state index contributed by atoms with van der Waals surface area (Å²) in [5.41, 5.74) is -1.23. The number of nitrogens with one attached hydrogen (secondary N) is 1. The first-order valence-corrected chi connectivity index (χ1v) is 10.5. The fourth-order valence-electron chi connectivity index (χ4n) is 3.47. The molecule has 0 aromatic heterocycles. The van der Waals surface area contributed by atoms with Crippen molar-refractivity contribution in [2.24, 2.45) is 0 Å². The Labute approximate surface area is 167 Å². The molecule has 0 radical (unpaired) electrons. The van der Waals surface area contributed by atoms with Crippen LogP contribution in [0.15, 0.2) is 23.1 Å². The first kappa shape index (κ1) is 22.9. The number of amides is 1. The average molecular weight is 442 g/mol. The molecule has 1 aliphatic heterocycles. The van der Waals surface area contributed by atoms with Crippen molar-refractivity contribution >= 4 is 27.5 Å². The zero-order valence-electron chi connectivity index (χ0n) is 15.8. The van der Waals surface area contributed by atoms with Gasteiger partial charge < -0.3 is 9.80 Å². The van der Waals surface area contributed by atoms with Crippen molar-refractivity contribution in [3.63, 3.8) is 0 Å². The van der Waals surface area contributed by atoms with Crippen molar-refractivity contribution in [3.05, 3.63) is 28.8 Å². The van der Waals surface area contributed by atoms with Gasteiger partial charge in [0.1, 0.15) is 0 Å². The van der Waals surface area contributed by atoms with Crippen LogP contribution < -0.4 is 4.72 Å². The highest BCUT2D eigenvalue weighted by molar-refractivity contribution is 7.89. The predicted octanol–water partition coefficient (Wildman–Crippen LogP) is 2.58. The van der Waals surface area contributed by atoms with E-state index in [0.717, 1.165) is 12.1 Å². The van der Waals surface area contributed by atoms with Gasteiger partial charge in [0.25, 0.3) is 0 Å². The third-order valence-corrected chi connectivity index (χ3v) is 6.36. The molecule has 1 amide bonds. The summed E-state index contributed by atoms with van der Waals surface area (Å²) in [4.78, 5) is 15.8. The fourth-order valence-corrected chi connectivity index (χ4v) is 4.75. The molecule has 0 saturated carbocycles. The molecule has 2 rings (SSSR count). The van der Waals surface area contributed by atoms with Gasteiger partial charge >= 0.3 is 6.18 Å². The molecule has 1 N–H and O–H groups in total. The number of likely N-dealkylation sites (N-methyl/N-ethyl adjacent to an activating group) is 1. The summed E-state index contributed by atoms with van der Waals surface area (Å²) in [5, 5.41) is -0.584. The zero-order valence-corrected chi connectivity index (χ0v) is 17.3. The summed E-state index contributed by atoms with van der Waals surface area (Å²) >= 11 is 5.51. The van der Waals surface area contributed by atoms with Gasteiger partial charge in [-0.1, -0.05) is 11.6 Å². The summed E-state index contributed by atoms with van der Waals surface area (Å²) in [7, 11) is -2.25. The molecule has 0 unspecified atom stereocenters. The van der Waals surface area contributed by atoms with Gasteiger partial charge in [-0.3, -0.25) is 4.79 Å². The first-order chi connectivity index (χ1) is 12.8. The molecule has 1 heterocycles. The molecule has 0 bridgehead atoms. The van der Waals surface area contributed by atoms with E-state index < -0.39 is 31.7 Å². The van der Waals surface area contributed by atoms with Gasteiger partial charge in [-0.2, -0.15) is 13.2 Å². The molecule has 1 fully saturated rings. The second-order valence-corrected chi connectivity index (χ2v) is 9.18. The number of sulfonamides is 1. The largest absolute Gasteiger partial charge is 0.417 e. The van der Waals surface area contributed by atoms with Gasteiger partial charge in [-0.25, -0.2) is 13.1 Å². The molecule has 2 atom stereocenters. The van der Waals surface area contributed by atoms with Crippen molar-refractivity contribution in [3.8, 4) is 0 Å². The molecule has 0 spiro atoms. The van der Waals surface area contributed by atoms with E-state index in [2.05, 4.69) is 9.62 Å². The lowest BCUT2D eigenvalue weighted by Gasteiger charge is -2.43. The number of rotatable bonds is 5. The minimum Gasteiger partial charge on any atom is -0.335 e. The van der Waals surface area contributed by atoms with Crippen LogP contribution >= 0.6 is 11.6 Å². The Hall–Kier alpha value is -1.36. The number of nitrogens with zero attached hydrogens (tertiary/aromatic N) is 2. The molecular formula is C17H23ClF3N3O3S. The maximum Gasteiger partial charge on any atom is 0.417 e. The van der Waals surface area contributed by atoms with Crippen LogP contribution in [-0.2, 0) is 21.0 Å². The Balaban J connectivity index is 2.03. The third-order valence-electron chi connectivity index (χ3n) is 4.57. The molecule has 158 valence electrons. The van der Waals surface area contributed by atoms with E-state index in [1.165, 1.54) is 0 Å². The number of hydrogen-bond acceptors (Lipinski definition) is 4. The Kier molecular flexibility index (Phi) is 7.01. The summed E-state index contributed by atoms with van der Waals surface area (Å²) in [6.07, 6.45) is -4.86. The molecular weight excluding hydrogens is 419 g/mol. The third kappa shape index (κ3) is 5.37. The Bertz CT molecular complexity index is 821. The van der Waals surface area contributed by atoms with E-state index in [1.807, 2.05) is 20.9 Å². The van der Waals surface area contributed by atoms with Crippen LogP contribution in [0.25, 0.3) is 0 Å². The van der Waals surface area contributed by atoms with Crippen LogP contribution in [-0.4, -0.2) is 62.9 Å². The Morgan fingerprint density at radius 3 is 2.36 bits per heavy atom. The Morgan fingerprint density at radius 1 is 1.25 bits per heavy atom. The molecule has 1 aliphatic rings. The molecule has 1 aromatic carbocycles. The lowest BCUT2D eigenvalue weighted by atomic mass is 10.1. The Morgan fingerprint density at radius 2 is 1.82 bits per heavy atom. The van der Waals surface area contributed by atoms with Crippen LogP contribution in [0.3, 0.4) is 0 Å². The van der Waals surface area contributed by atoms with Crippen LogP contribution in [0.2, 0.25) is 5.02 Å². The number of carbonyl (C=O) groups excluding carboxylic acids is 1. The van der Waals surface area contributed by atoms with Gasteiger partial charge in [0, 0.05) is 38.1 Å². The topological polar surface area (TPSA) is 69.7 Å². The van der Waals surface area contributed by atoms with Crippen LogP contribution in [0.1, 0.15) is 25.8 Å². The second kappa shape index (κ2) is 8.56. The van der Waals surface area contributed by atoms with Gasteiger partial charge in [-0.15, -0.1) is 0 Å². The summed E-state index contributed by atoms with van der Waals surface area (Å²) in [6.45, 7) is 5.05. The van der Waals surface area contributed by atoms with Crippen molar-refractivity contribution in [2.75, 3.05) is 26.7 Å². The number of hydrogen-bond donors (Lipinski definition) is 1. The maximum absolute atomic E-state index is 12.9. The van der Waals surface area contributed by atoms with Gasteiger partial charge in [0.15, 0.2) is 0 Å². The first-order valence-electron chi connectivity index (χ1n) is 8.69. The smallest absolute Gasteiger partial charge is 0.335 e. The van der Waals surface area contributed by atoms with E-state index >= 15 is 0 Å². The van der Waals surface area contributed by atoms with E-state index in [1.54, 1.807) is 4.90 Å². The van der Waals surface area contributed by atoms with Gasteiger partial charge in [-0.05, 0) is 39.1 Å². The molecule has 1 aromatic rings.